The molecule has 0 aliphatic heterocycles. The van der Waals surface area contributed by atoms with Crippen LogP contribution in [0.2, 0.25) is 0 Å². The van der Waals surface area contributed by atoms with E-state index in [9.17, 15) is 4.79 Å². The Balaban J connectivity index is 1.70. The summed E-state index contributed by atoms with van der Waals surface area (Å²) < 4.78 is 2.93. The van der Waals surface area contributed by atoms with Crippen LogP contribution in [0.1, 0.15) is 24.8 Å². The van der Waals surface area contributed by atoms with E-state index in [0.717, 1.165) is 21.0 Å². The van der Waals surface area contributed by atoms with Crippen molar-refractivity contribution in [2.24, 2.45) is 0 Å². The van der Waals surface area contributed by atoms with Crippen molar-refractivity contribution in [3.63, 3.8) is 0 Å². The summed E-state index contributed by atoms with van der Waals surface area (Å²) >= 11 is 6.38. The molecule has 0 fully saturated rings. The summed E-state index contributed by atoms with van der Waals surface area (Å²) in [5, 5.41) is 14.2. The number of carbonyl (C=O) groups excluding carboxylic acids is 1. The molecule has 0 unspecified atom stereocenters. The lowest BCUT2D eigenvalue weighted by atomic mass is 10.3. The number of rotatable bonds is 6. The van der Waals surface area contributed by atoms with Crippen LogP contribution in [0.4, 0.5) is 5.82 Å². The molecule has 0 atom stereocenters. The van der Waals surface area contributed by atoms with E-state index >= 15 is 0 Å². The summed E-state index contributed by atoms with van der Waals surface area (Å²) in [6.45, 7) is 6.24. The van der Waals surface area contributed by atoms with E-state index in [4.69, 9.17) is 0 Å². The van der Waals surface area contributed by atoms with Crippen LogP contribution in [0, 0.1) is 6.92 Å². The van der Waals surface area contributed by atoms with Crippen molar-refractivity contribution in [2.45, 2.75) is 32.0 Å². The SMILES string of the molecule is Cc1cc(-c2nnc(SCC(=O)Nc3ccc(Br)cn3)n2C(C)C)cs1. The number of thioether (sulfide) groups is 1. The average Bonchev–Trinajstić information content (AvgIpc) is 3.21. The molecule has 1 amide bonds. The second-order valence-electron chi connectivity index (χ2n) is 5.91. The van der Waals surface area contributed by atoms with Crippen LogP contribution in [0.25, 0.3) is 11.4 Å². The monoisotopic (exact) mass is 451 g/mol. The molecule has 0 aromatic carbocycles. The fourth-order valence-corrected chi connectivity index (χ4v) is 4.14. The number of anilines is 1. The third-order valence-electron chi connectivity index (χ3n) is 3.50. The second-order valence-corrected chi connectivity index (χ2v) is 8.89. The Morgan fingerprint density at radius 3 is 2.81 bits per heavy atom. The Morgan fingerprint density at radius 1 is 1.38 bits per heavy atom. The molecule has 0 saturated carbocycles. The lowest BCUT2D eigenvalue weighted by Gasteiger charge is -2.13. The van der Waals surface area contributed by atoms with E-state index in [1.807, 2.05) is 6.07 Å². The molecule has 0 bridgehead atoms. The van der Waals surface area contributed by atoms with Gasteiger partial charge in [-0.15, -0.1) is 21.5 Å². The zero-order chi connectivity index (χ0) is 18.7. The highest BCUT2D eigenvalue weighted by atomic mass is 79.9. The van der Waals surface area contributed by atoms with Crippen molar-refractivity contribution >= 4 is 50.8 Å². The van der Waals surface area contributed by atoms with Crippen molar-refractivity contribution < 1.29 is 4.79 Å². The largest absolute Gasteiger partial charge is 0.310 e. The minimum Gasteiger partial charge on any atom is -0.310 e. The number of aromatic nitrogens is 4. The van der Waals surface area contributed by atoms with Crippen LogP contribution in [0.5, 0.6) is 0 Å². The molecule has 0 spiro atoms. The molecule has 3 aromatic rings. The highest BCUT2D eigenvalue weighted by molar-refractivity contribution is 9.10. The van der Waals surface area contributed by atoms with Crippen LogP contribution in [-0.4, -0.2) is 31.4 Å². The Hall–Kier alpha value is -1.71. The minimum absolute atomic E-state index is 0.129. The van der Waals surface area contributed by atoms with Crippen LogP contribution >= 0.6 is 39.0 Å². The molecule has 3 aromatic heterocycles. The van der Waals surface area contributed by atoms with Crippen molar-refractivity contribution in [1.29, 1.82) is 0 Å². The van der Waals surface area contributed by atoms with Gasteiger partial charge in [-0.25, -0.2) is 4.98 Å². The first-order valence-corrected chi connectivity index (χ1v) is 10.6. The van der Waals surface area contributed by atoms with Crippen molar-refractivity contribution in [2.75, 3.05) is 11.1 Å². The summed E-state index contributed by atoms with van der Waals surface area (Å²) in [4.78, 5) is 17.6. The maximum absolute atomic E-state index is 12.2. The second kappa shape index (κ2) is 8.32. The summed E-state index contributed by atoms with van der Waals surface area (Å²) in [5.41, 5.74) is 1.06. The van der Waals surface area contributed by atoms with Crippen LogP contribution in [-0.2, 0) is 4.79 Å². The number of hydrogen-bond acceptors (Lipinski definition) is 6. The first kappa shape index (κ1) is 19.1. The minimum atomic E-state index is -0.129. The normalized spacial score (nSPS) is 11.1. The maximum atomic E-state index is 12.2. The molecule has 0 radical (unpaired) electrons. The first-order chi connectivity index (χ1) is 12.4. The standard InChI is InChI=1S/C17H18BrN5OS2/c1-10(2)23-16(12-6-11(3)25-8-12)21-22-17(23)26-9-15(24)20-14-5-4-13(18)7-19-14/h4-8,10H,9H2,1-3H3,(H,19,20,24). The number of carbonyl (C=O) groups is 1. The summed E-state index contributed by atoms with van der Waals surface area (Å²) in [5.74, 6) is 1.47. The lowest BCUT2D eigenvalue weighted by molar-refractivity contribution is -0.113. The van der Waals surface area contributed by atoms with Gasteiger partial charge in [-0.05, 0) is 54.9 Å². The van der Waals surface area contributed by atoms with Gasteiger partial charge >= 0.3 is 0 Å². The zero-order valence-corrected chi connectivity index (χ0v) is 17.8. The lowest BCUT2D eigenvalue weighted by Crippen LogP contribution is -2.15. The van der Waals surface area contributed by atoms with Gasteiger partial charge in [0.25, 0.3) is 0 Å². The third-order valence-corrected chi connectivity index (χ3v) is 5.77. The molecule has 0 aliphatic carbocycles. The Morgan fingerprint density at radius 2 is 2.19 bits per heavy atom. The third kappa shape index (κ3) is 4.52. The van der Waals surface area contributed by atoms with Crippen molar-refractivity contribution in [3.05, 3.63) is 39.1 Å². The zero-order valence-electron chi connectivity index (χ0n) is 14.6. The van der Waals surface area contributed by atoms with Crippen LogP contribution < -0.4 is 5.32 Å². The Bertz CT molecular complexity index is 904. The van der Waals surface area contributed by atoms with Gasteiger partial charge in [0.1, 0.15) is 5.82 Å². The van der Waals surface area contributed by atoms with E-state index in [1.165, 1.54) is 16.6 Å². The smallest absolute Gasteiger partial charge is 0.236 e. The van der Waals surface area contributed by atoms with Gasteiger partial charge in [-0.1, -0.05) is 11.8 Å². The highest BCUT2D eigenvalue weighted by Gasteiger charge is 2.18. The topological polar surface area (TPSA) is 72.7 Å². The quantitative estimate of drug-likeness (QED) is 0.545. The number of halogens is 1. The summed E-state index contributed by atoms with van der Waals surface area (Å²) in [6.07, 6.45) is 1.65. The predicted molar refractivity (Wildman–Crippen MR) is 110 cm³/mol. The molecule has 1 N–H and O–H groups in total. The molecule has 3 rings (SSSR count). The number of nitrogens with zero attached hydrogens (tertiary/aromatic N) is 4. The van der Waals surface area contributed by atoms with Gasteiger partial charge in [0, 0.05) is 32.5 Å². The molecule has 9 heteroatoms. The molecular weight excluding hydrogens is 434 g/mol. The predicted octanol–water partition coefficient (Wildman–Crippen LogP) is 4.78. The molecule has 0 aliphatic rings. The van der Waals surface area contributed by atoms with E-state index in [0.29, 0.717) is 5.82 Å². The number of amides is 1. The molecule has 3 heterocycles. The Kier molecular flexibility index (Phi) is 6.10. The van der Waals surface area contributed by atoms with Gasteiger partial charge in [0.15, 0.2) is 11.0 Å². The van der Waals surface area contributed by atoms with Gasteiger partial charge < -0.3 is 5.32 Å². The molecule has 136 valence electrons. The van der Waals surface area contributed by atoms with E-state index in [2.05, 4.69) is 73.2 Å². The number of aryl methyl sites for hydroxylation is 1. The molecular formula is C17H18BrN5OS2. The van der Waals surface area contributed by atoms with Crippen molar-refractivity contribution in [3.8, 4) is 11.4 Å². The number of nitrogens with one attached hydrogen (secondary N) is 1. The summed E-state index contributed by atoms with van der Waals surface area (Å²) in [7, 11) is 0. The van der Waals surface area contributed by atoms with Crippen LogP contribution in [0.3, 0.4) is 0 Å². The van der Waals surface area contributed by atoms with E-state index in [-0.39, 0.29) is 17.7 Å². The molecule has 0 saturated heterocycles. The van der Waals surface area contributed by atoms with E-state index in [1.54, 1.807) is 23.6 Å². The van der Waals surface area contributed by atoms with Crippen LogP contribution in [0.15, 0.2) is 39.4 Å². The van der Waals surface area contributed by atoms with Crippen molar-refractivity contribution in [1.82, 2.24) is 19.7 Å². The average molecular weight is 452 g/mol. The van der Waals surface area contributed by atoms with E-state index < -0.39 is 0 Å². The fourth-order valence-electron chi connectivity index (χ4n) is 2.36. The highest BCUT2D eigenvalue weighted by Crippen LogP contribution is 2.30. The van der Waals surface area contributed by atoms with Gasteiger partial charge in [-0.3, -0.25) is 9.36 Å². The number of thiophene rings is 1. The maximum Gasteiger partial charge on any atom is 0.236 e. The Labute approximate surface area is 168 Å². The van der Waals surface area contributed by atoms with Gasteiger partial charge in [-0.2, -0.15) is 0 Å². The molecule has 26 heavy (non-hydrogen) atoms. The first-order valence-electron chi connectivity index (χ1n) is 7.98. The molecule has 6 nitrogen and oxygen atoms in total. The summed E-state index contributed by atoms with van der Waals surface area (Å²) in [6, 6.07) is 5.88. The number of pyridine rings is 1. The fraction of sp³-hybridized carbons (Fsp3) is 0.294. The number of hydrogen-bond donors (Lipinski definition) is 1. The van der Waals surface area contributed by atoms with Gasteiger partial charge in [0.2, 0.25) is 5.91 Å². The van der Waals surface area contributed by atoms with Gasteiger partial charge in [0.05, 0.1) is 5.75 Å².